The lowest BCUT2D eigenvalue weighted by Gasteiger charge is -2.26. The van der Waals surface area contributed by atoms with Crippen LogP contribution in [0.15, 0.2) is 24.3 Å². The van der Waals surface area contributed by atoms with Gasteiger partial charge in [0.15, 0.2) is 0 Å². The van der Waals surface area contributed by atoms with Crippen LogP contribution in [0.5, 0.6) is 0 Å². The smallest absolute Gasteiger partial charge is 0.0949 e. The molecule has 0 amide bonds. The molecule has 0 aromatic heterocycles. The van der Waals surface area contributed by atoms with Gasteiger partial charge in [-0.25, -0.2) is 0 Å². The van der Waals surface area contributed by atoms with Crippen LogP contribution in [0.3, 0.4) is 0 Å². The minimum atomic E-state index is 0.206. The van der Waals surface area contributed by atoms with E-state index in [1.54, 1.807) is 0 Å². The van der Waals surface area contributed by atoms with Crippen LogP contribution in [0.1, 0.15) is 38.0 Å². The number of ether oxygens (including phenoxy) is 1. The van der Waals surface area contributed by atoms with Crippen LogP contribution in [0, 0.1) is 0 Å². The quantitative estimate of drug-likeness (QED) is 0.784. The third-order valence-electron chi connectivity index (χ3n) is 3.05. The molecule has 2 heteroatoms. The lowest BCUT2D eigenvalue weighted by Crippen LogP contribution is -2.33. The molecular formula is C14H21NO. The Morgan fingerprint density at radius 1 is 1.31 bits per heavy atom. The molecule has 1 atom stereocenters. The number of hydrogen-bond donors (Lipinski definition) is 1. The molecule has 2 nitrogen and oxygen atoms in total. The predicted octanol–water partition coefficient (Wildman–Crippen LogP) is 2.65. The Labute approximate surface area is 98.0 Å². The van der Waals surface area contributed by atoms with Crippen LogP contribution < -0.4 is 5.32 Å². The summed E-state index contributed by atoms with van der Waals surface area (Å²) in [6.07, 6.45) is 0.219. The molecule has 1 aromatic rings. The molecule has 1 fully saturated rings. The van der Waals surface area contributed by atoms with Gasteiger partial charge in [0.1, 0.15) is 0 Å². The van der Waals surface area contributed by atoms with Crippen molar-refractivity contribution in [2.24, 2.45) is 0 Å². The molecule has 1 aliphatic heterocycles. The summed E-state index contributed by atoms with van der Waals surface area (Å²) in [5.41, 5.74) is 2.87. The normalized spacial score (nSPS) is 22.1. The minimum absolute atomic E-state index is 0.206. The monoisotopic (exact) mass is 219 g/mol. The van der Waals surface area contributed by atoms with Gasteiger partial charge in [0.2, 0.25) is 0 Å². The first-order valence-corrected chi connectivity index (χ1v) is 6.00. The molecule has 0 radical (unpaired) electrons. The van der Waals surface area contributed by atoms with E-state index in [9.17, 15) is 0 Å². The Bertz CT molecular complexity index is 348. The van der Waals surface area contributed by atoms with Gasteiger partial charge in [-0.15, -0.1) is 0 Å². The standard InChI is InChI=1S/C14H21NO/c1-14(2,3)12-6-4-5-11(9-12)13-10-15-7-8-16-13/h4-6,9,13,15H,7-8,10H2,1-3H3. The summed E-state index contributed by atoms with van der Waals surface area (Å²) in [6.45, 7) is 9.43. The fraction of sp³-hybridized carbons (Fsp3) is 0.571. The largest absolute Gasteiger partial charge is 0.371 e. The second kappa shape index (κ2) is 4.56. The van der Waals surface area contributed by atoms with Crippen LogP contribution in [-0.4, -0.2) is 19.7 Å². The summed E-state index contributed by atoms with van der Waals surface area (Å²) in [4.78, 5) is 0. The van der Waals surface area contributed by atoms with Crippen LogP contribution in [-0.2, 0) is 10.2 Å². The second-order valence-corrected chi connectivity index (χ2v) is 5.44. The second-order valence-electron chi connectivity index (χ2n) is 5.44. The van der Waals surface area contributed by atoms with Gasteiger partial charge < -0.3 is 10.1 Å². The van der Waals surface area contributed by atoms with Gasteiger partial charge in [0, 0.05) is 13.1 Å². The Hall–Kier alpha value is -0.860. The maximum absolute atomic E-state index is 5.77. The molecular weight excluding hydrogens is 198 g/mol. The van der Waals surface area contributed by atoms with E-state index in [2.05, 4.69) is 50.4 Å². The maximum Gasteiger partial charge on any atom is 0.0949 e. The number of morpholine rings is 1. The van der Waals surface area contributed by atoms with E-state index in [1.807, 2.05) is 0 Å². The topological polar surface area (TPSA) is 21.3 Å². The first-order chi connectivity index (χ1) is 7.57. The highest BCUT2D eigenvalue weighted by Crippen LogP contribution is 2.26. The minimum Gasteiger partial charge on any atom is -0.371 e. The predicted molar refractivity (Wildman–Crippen MR) is 66.7 cm³/mol. The van der Waals surface area contributed by atoms with E-state index >= 15 is 0 Å². The third-order valence-corrected chi connectivity index (χ3v) is 3.05. The van der Waals surface area contributed by atoms with Gasteiger partial charge in [-0.3, -0.25) is 0 Å². The van der Waals surface area contributed by atoms with Crippen molar-refractivity contribution in [1.29, 1.82) is 0 Å². The fourth-order valence-electron chi connectivity index (χ4n) is 1.98. The van der Waals surface area contributed by atoms with E-state index < -0.39 is 0 Å². The van der Waals surface area contributed by atoms with Crippen molar-refractivity contribution < 1.29 is 4.74 Å². The molecule has 0 bridgehead atoms. The Balaban J connectivity index is 2.21. The van der Waals surface area contributed by atoms with E-state index in [0.29, 0.717) is 0 Å². The highest BCUT2D eigenvalue weighted by Gasteiger charge is 2.18. The van der Waals surface area contributed by atoms with Gasteiger partial charge >= 0.3 is 0 Å². The van der Waals surface area contributed by atoms with Crippen molar-refractivity contribution in [1.82, 2.24) is 5.32 Å². The number of hydrogen-bond acceptors (Lipinski definition) is 2. The number of benzene rings is 1. The van der Waals surface area contributed by atoms with Crippen LogP contribution >= 0.6 is 0 Å². The van der Waals surface area contributed by atoms with E-state index in [0.717, 1.165) is 19.7 Å². The summed E-state index contributed by atoms with van der Waals surface area (Å²) in [7, 11) is 0. The van der Waals surface area contributed by atoms with Crippen molar-refractivity contribution in [2.45, 2.75) is 32.3 Å². The van der Waals surface area contributed by atoms with Crippen LogP contribution in [0.25, 0.3) is 0 Å². The summed E-state index contributed by atoms with van der Waals surface area (Å²) >= 11 is 0. The molecule has 0 spiro atoms. The molecule has 1 saturated heterocycles. The molecule has 1 N–H and O–H groups in total. The highest BCUT2D eigenvalue weighted by molar-refractivity contribution is 5.30. The van der Waals surface area contributed by atoms with E-state index in [-0.39, 0.29) is 11.5 Å². The van der Waals surface area contributed by atoms with Crippen LogP contribution in [0.2, 0.25) is 0 Å². The molecule has 1 heterocycles. The van der Waals surface area contributed by atoms with Crippen LogP contribution in [0.4, 0.5) is 0 Å². The third kappa shape index (κ3) is 2.63. The molecule has 2 rings (SSSR count). The van der Waals surface area contributed by atoms with Gasteiger partial charge in [-0.2, -0.15) is 0 Å². The maximum atomic E-state index is 5.77. The molecule has 88 valence electrons. The molecule has 16 heavy (non-hydrogen) atoms. The zero-order valence-corrected chi connectivity index (χ0v) is 10.4. The molecule has 0 saturated carbocycles. The molecule has 0 aliphatic carbocycles. The van der Waals surface area contributed by atoms with Gasteiger partial charge in [0.05, 0.1) is 12.7 Å². The lowest BCUT2D eigenvalue weighted by molar-refractivity contribution is 0.0276. The number of rotatable bonds is 1. The van der Waals surface area contributed by atoms with Crippen molar-refractivity contribution in [3.05, 3.63) is 35.4 Å². The summed E-state index contributed by atoms with van der Waals surface area (Å²) in [6, 6.07) is 8.76. The summed E-state index contributed by atoms with van der Waals surface area (Å²) in [5, 5.41) is 3.37. The van der Waals surface area contributed by atoms with Gasteiger partial charge in [-0.1, -0.05) is 45.0 Å². The Kier molecular flexibility index (Phi) is 3.31. The summed E-state index contributed by atoms with van der Waals surface area (Å²) < 4.78 is 5.77. The average Bonchev–Trinajstić information content (AvgIpc) is 2.29. The first-order valence-electron chi connectivity index (χ1n) is 6.00. The lowest BCUT2D eigenvalue weighted by atomic mass is 9.85. The number of nitrogens with one attached hydrogen (secondary N) is 1. The SMILES string of the molecule is CC(C)(C)c1cccc(C2CNCCO2)c1. The van der Waals surface area contributed by atoms with Crippen molar-refractivity contribution in [3.8, 4) is 0 Å². The Morgan fingerprint density at radius 2 is 2.12 bits per heavy atom. The van der Waals surface area contributed by atoms with Crippen molar-refractivity contribution in [2.75, 3.05) is 19.7 Å². The van der Waals surface area contributed by atoms with Gasteiger partial charge in [0.25, 0.3) is 0 Å². The highest BCUT2D eigenvalue weighted by atomic mass is 16.5. The van der Waals surface area contributed by atoms with E-state index in [1.165, 1.54) is 11.1 Å². The van der Waals surface area contributed by atoms with Crippen molar-refractivity contribution in [3.63, 3.8) is 0 Å². The molecule has 1 aromatic carbocycles. The zero-order valence-electron chi connectivity index (χ0n) is 10.4. The summed E-state index contributed by atoms with van der Waals surface area (Å²) in [5.74, 6) is 0. The Morgan fingerprint density at radius 3 is 2.75 bits per heavy atom. The van der Waals surface area contributed by atoms with Gasteiger partial charge in [-0.05, 0) is 16.5 Å². The first kappa shape index (κ1) is 11.6. The fourth-order valence-corrected chi connectivity index (χ4v) is 1.98. The zero-order chi connectivity index (χ0) is 11.6. The van der Waals surface area contributed by atoms with E-state index in [4.69, 9.17) is 4.74 Å². The molecule has 1 aliphatic rings. The molecule has 1 unspecified atom stereocenters. The average molecular weight is 219 g/mol. The van der Waals surface area contributed by atoms with Crippen molar-refractivity contribution >= 4 is 0 Å².